The van der Waals surface area contributed by atoms with Gasteiger partial charge in [-0.15, -0.1) is 11.8 Å². The molecule has 0 atom stereocenters. The van der Waals surface area contributed by atoms with E-state index in [1.54, 1.807) is 26.2 Å². The van der Waals surface area contributed by atoms with Crippen molar-refractivity contribution in [3.05, 3.63) is 54.9 Å². The molecule has 0 saturated carbocycles. The van der Waals surface area contributed by atoms with Crippen LogP contribution in [0.1, 0.15) is 13.8 Å². The molecule has 0 aliphatic heterocycles. The van der Waals surface area contributed by atoms with Crippen molar-refractivity contribution in [3.63, 3.8) is 0 Å². The van der Waals surface area contributed by atoms with Crippen molar-refractivity contribution in [3.8, 4) is 11.3 Å². The predicted octanol–water partition coefficient (Wildman–Crippen LogP) is 4.25. The smallest absolute Gasteiger partial charge is 0.319 e. The summed E-state index contributed by atoms with van der Waals surface area (Å²) in [5.41, 5.74) is 2.56. The molecular weight excluding hydrogens is 308 g/mol. The van der Waals surface area contributed by atoms with E-state index in [4.69, 9.17) is 0 Å². The molecule has 1 N–H and O–H groups in total. The van der Waals surface area contributed by atoms with E-state index in [0.717, 1.165) is 27.1 Å². The van der Waals surface area contributed by atoms with Gasteiger partial charge in [0.2, 0.25) is 0 Å². The molecule has 0 aliphatic rings. The molecular formula is C18H16N2O2S. The van der Waals surface area contributed by atoms with Crippen molar-refractivity contribution in [2.24, 2.45) is 0 Å². The van der Waals surface area contributed by atoms with Crippen LogP contribution in [0, 0.1) is 0 Å². The molecule has 0 radical (unpaired) electrons. The topological polar surface area (TPSA) is 63.1 Å². The molecule has 5 heteroatoms. The van der Waals surface area contributed by atoms with Crippen LogP contribution in [0.15, 0.2) is 59.8 Å². The number of thioether (sulfide) groups is 1. The zero-order valence-electron chi connectivity index (χ0n) is 12.9. The third-order valence-corrected chi connectivity index (χ3v) is 4.75. The maximum Gasteiger partial charge on any atom is 0.319 e. The summed E-state index contributed by atoms with van der Waals surface area (Å²) in [6.45, 7) is 3.38. The normalized spacial score (nSPS) is 11.6. The van der Waals surface area contributed by atoms with Crippen LogP contribution in [-0.2, 0) is 4.79 Å². The predicted molar refractivity (Wildman–Crippen MR) is 92.5 cm³/mol. The van der Waals surface area contributed by atoms with Gasteiger partial charge in [-0.25, -0.2) is 0 Å². The van der Waals surface area contributed by atoms with Gasteiger partial charge in [-0.3, -0.25) is 14.8 Å². The lowest BCUT2D eigenvalue weighted by Gasteiger charge is -2.19. The van der Waals surface area contributed by atoms with E-state index >= 15 is 0 Å². The molecule has 1 aromatic carbocycles. The summed E-state index contributed by atoms with van der Waals surface area (Å²) in [6.07, 6.45) is 3.49. The van der Waals surface area contributed by atoms with Crippen LogP contribution in [0.25, 0.3) is 22.2 Å². The molecule has 3 aromatic rings. The molecule has 0 amide bonds. The van der Waals surface area contributed by atoms with E-state index in [0.29, 0.717) is 0 Å². The van der Waals surface area contributed by atoms with Crippen LogP contribution in [-0.4, -0.2) is 25.8 Å². The second-order valence-corrected chi connectivity index (χ2v) is 7.35. The van der Waals surface area contributed by atoms with Gasteiger partial charge in [0, 0.05) is 28.2 Å². The van der Waals surface area contributed by atoms with Crippen LogP contribution in [0.3, 0.4) is 0 Å². The van der Waals surface area contributed by atoms with Gasteiger partial charge in [0.25, 0.3) is 0 Å². The van der Waals surface area contributed by atoms with Gasteiger partial charge in [-0.05, 0) is 38.1 Å². The fourth-order valence-electron chi connectivity index (χ4n) is 2.21. The van der Waals surface area contributed by atoms with E-state index < -0.39 is 10.7 Å². The quantitative estimate of drug-likeness (QED) is 0.727. The van der Waals surface area contributed by atoms with Gasteiger partial charge in [0.1, 0.15) is 4.75 Å². The summed E-state index contributed by atoms with van der Waals surface area (Å²) in [6, 6.07) is 13.6. The Balaban J connectivity index is 2.07. The minimum atomic E-state index is -0.929. The Morgan fingerprint density at radius 2 is 1.91 bits per heavy atom. The van der Waals surface area contributed by atoms with Gasteiger partial charge in [-0.1, -0.05) is 18.2 Å². The largest absolute Gasteiger partial charge is 0.480 e. The number of nitrogens with zero attached hydrogens (tertiary/aromatic N) is 2. The van der Waals surface area contributed by atoms with Crippen LogP contribution in [0.5, 0.6) is 0 Å². The van der Waals surface area contributed by atoms with Gasteiger partial charge in [-0.2, -0.15) is 0 Å². The third-order valence-electron chi connectivity index (χ3n) is 3.51. The summed E-state index contributed by atoms with van der Waals surface area (Å²) in [5, 5.41) is 10.4. The highest BCUT2D eigenvalue weighted by molar-refractivity contribution is 8.01. The summed E-state index contributed by atoms with van der Waals surface area (Å²) in [7, 11) is 0. The van der Waals surface area contributed by atoms with Crippen molar-refractivity contribution in [2.75, 3.05) is 0 Å². The molecule has 2 aromatic heterocycles. The number of fused-ring (bicyclic) bond motifs is 1. The lowest BCUT2D eigenvalue weighted by molar-refractivity contribution is -0.138. The van der Waals surface area contributed by atoms with E-state index in [1.807, 2.05) is 42.5 Å². The first kappa shape index (κ1) is 15.5. The zero-order chi connectivity index (χ0) is 16.4. The lowest BCUT2D eigenvalue weighted by Crippen LogP contribution is -2.27. The second-order valence-electron chi connectivity index (χ2n) is 5.68. The number of rotatable bonds is 4. The SMILES string of the molecule is CC(C)(Sc1cccnc1-c1cnc2ccccc2c1)C(=O)O. The standard InChI is InChI=1S/C18H16N2O2S/c1-18(2,17(21)22)23-15-8-5-9-19-16(15)13-10-12-6-3-4-7-14(12)20-11-13/h3-11H,1-2H3,(H,21,22). The zero-order valence-corrected chi connectivity index (χ0v) is 13.7. The average Bonchev–Trinajstić information content (AvgIpc) is 2.54. The summed E-state index contributed by atoms with van der Waals surface area (Å²) < 4.78 is -0.929. The number of hydrogen-bond acceptors (Lipinski definition) is 4. The Kier molecular flexibility index (Phi) is 4.05. The van der Waals surface area contributed by atoms with Crippen molar-refractivity contribution in [1.29, 1.82) is 0 Å². The number of aliphatic carboxylic acids is 1. The van der Waals surface area contributed by atoms with Crippen molar-refractivity contribution >= 4 is 28.6 Å². The maximum absolute atomic E-state index is 11.4. The van der Waals surface area contributed by atoms with Crippen LogP contribution < -0.4 is 0 Å². The number of benzene rings is 1. The fourth-order valence-corrected chi connectivity index (χ4v) is 3.26. The summed E-state index contributed by atoms with van der Waals surface area (Å²) in [4.78, 5) is 21.1. The number of carbonyl (C=O) groups is 1. The number of hydrogen-bond donors (Lipinski definition) is 1. The minimum Gasteiger partial charge on any atom is -0.480 e. The Hall–Kier alpha value is -2.40. The van der Waals surface area contributed by atoms with Crippen molar-refractivity contribution < 1.29 is 9.90 Å². The number of carboxylic acid groups (broad SMARTS) is 1. The Morgan fingerprint density at radius 1 is 1.13 bits per heavy atom. The lowest BCUT2D eigenvalue weighted by atomic mass is 10.1. The monoisotopic (exact) mass is 324 g/mol. The summed E-state index contributed by atoms with van der Waals surface area (Å²) in [5.74, 6) is -0.853. The second kappa shape index (κ2) is 6.01. The summed E-state index contributed by atoms with van der Waals surface area (Å²) >= 11 is 1.29. The van der Waals surface area contributed by atoms with Crippen molar-refractivity contribution in [1.82, 2.24) is 9.97 Å². The van der Waals surface area contributed by atoms with E-state index in [2.05, 4.69) is 9.97 Å². The molecule has 116 valence electrons. The molecule has 0 unspecified atom stereocenters. The van der Waals surface area contributed by atoms with Crippen LogP contribution >= 0.6 is 11.8 Å². The molecule has 2 heterocycles. The average molecular weight is 324 g/mol. The molecule has 23 heavy (non-hydrogen) atoms. The van der Waals surface area contributed by atoms with Gasteiger partial charge >= 0.3 is 5.97 Å². The number of carboxylic acids is 1. The Labute approximate surface area is 138 Å². The van der Waals surface area contributed by atoms with E-state index in [-0.39, 0.29) is 0 Å². The first-order valence-corrected chi connectivity index (χ1v) is 8.01. The van der Waals surface area contributed by atoms with Crippen LogP contribution in [0.2, 0.25) is 0 Å². The van der Waals surface area contributed by atoms with Gasteiger partial charge in [0.05, 0.1) is 11.2 Å². The van der Waals surface area contributed by atoms with Gasteiger partial charge < -0.3 is 5.11 Å². The number of para-hydroxylation sites is 1. The first-order chi connectivity index (χ1) is 11.0. The van der Waals surface area contributed by atoms with Crippen LogP contribution in [0.4, 0.5) is 0 Å². The Morgan fingerprint density at radius 3 is 2.70 bits per heavy atom. The first-order valence-electron chi connectivity index (χ1n) is 7.20. The molecule has 0 aliphatic carbocycles. The molecule has 0 bridgehead atoms. The van der Waals surface area contributed by atoms with E-state index in [9.17, 15) is 9.90 Å². The molecule has 4 nitrogen and oxygen atoms in total. The van der Waals surface area contributed by atoms with Crippen molar-refractivity contribution in [2.45, 2.75) is 23.5 Å². The Bertz CT molecular complexity index is 878. The molecule has 0 fully saturated rings. The number of pyridine rings is 2. The molecule has 0 saturated heterocycles. The molecule has 3 rings (SSSR count). The highest BCUT2D eigenvalue weighted by Crippen LogP contribution is 2.38. The highest BCUT2D eigenvalue weighted by Gasteiger charge is 2.29. The third kappa shape index (κ3) is 3.19. The fraction of sp³-hybridized carbons (Fsp3) is 0.167. The molecule has 0 spiro atoms. The minimum absolute atomic E-state index is 0.755. The van der Waals surface area contributed by atoms with E-state index in [1.165, 1.54) is 11.8 Å². The van der Waals surface area contributed by atoms with Gasteiger partial charge in [0.15, 0.2) is 0 Å². The number of aromatic nitrogens is 2. The highest BCUT2D eigenvalue weighted by atomic mass is 32.2. The maximum atomic E-state index is 11.4.